The molecule has 0 saturated carbocycles. The fraction of sp³-hybridized carbons (Fsp3) is 0.326. The highest BCUT2D eigenvalue weighted by molar-refractivity contribution is 6.03. The van der Waals surface area contributed by atoms with Crippen molar-refractivity contribution < 1.29 is 60.3 Å². The lowest BCUT2D eigenvalue weighted by molar-refractivity contribution is -0.187. The maximum atomic E-state index is 15.8. The Morgan fingerprint density at radius 3 is 2.20 bits per heavy atom. The van der Waals surface area contributed by atoms with Crippen LogP contribution in [0.1, 0.15) is 67.4 Å². The van der Waals surface area contributed by atoms with Crippen molar-refractivity contribution >= 4 is 28.9 Å². The predicted molar refractivity (Wildman–Crippen MR) is 216 cm³/mol. The van der Waals surface area contributed by atoms with E-state index in [9.17, 15) is 9.59 Å². The second-order valence-electron chi connectivity index (χ2n) is 14.4. The second-order valence-corrected chi connectivity index (χ2v) is 14.4. The third-order valence-corrected chi connectivity index (χ3v) is 10.2. The summed E-state index contributed by atoms with van der Waals surface area (Å²) in [5.41, 5.74) is -1.38. The largest absolute Gasteiger partial charge is 0.493 e. The lowest BCUT2D eigenvalue weighted by Crippen LogP contribution is -2.45. The zero-order valence-corrected chi connectivity index (χ0v) is 33.4. The number of methoxy groups -OCH3 is 1. The molecule has 14 heteroatoms. The van der Waals surface area contributed by atoms with Gasteiger partial charge in [-0.25, -0.2) is 13.6 Å². The van der Waals surface area contributed by atoms with Gasteiger partial charge in [-0.15, -0.1) is 0 Å². The van der Waals surface area contributed by atoms with Crippen LogP contribution in [0, 0.1) is 22.5 Å². The van der Waals surface area contributed by atoms with E-state index in [0.29, 0.717) is 30.8 Å². The van der Waals surface area contributed by atoms with Crippen LogP contribution >= 0.6 is 0 Å². The van der Waals surface area contributed by atoms with Gasteiger partial charge in [-0.3, -0.25) is 4.79 Å². The third kappa shape index (κ3) is 10.1. The van der Waals surface area contributed by atoms with Gasteiger partial charge in [-0.05, 0) is 73.7 Å². The number of esters is 2. The second kappa shape index (κ2) is 19.4. The number of halogens is 4. The zero-order chi connectivity index (χ0) is 42.9. The van der Waals surface area contributed by atoms with Crippen molar-refractivity contribution in [2.45, 2.75) is 52.1 Å². The number of rotatable bonds is 20. The number of hydrogen-bond acceptors (Lipinski definition) is 10. The van der Waals surface area contributed by atoms with E-state index in [2.05, 4.69) is 6.92 Å². The van der Waals surface area contributed by atoms with Crippen molar-refractivity contribution in [1.82, 2.24) is 0 Å². The van der Waals surface area contributed by atoms with Crippen LogP contribution in [0.25, 0.3) is 21.9 Å². The Kier molecular flexibility index (Phi) is 14.1. The van der Waals surface area contributed by atoms with Crippen LogP contribution in [0.4, 0.5) is 17.6 Å². The first-order valence-corrected chi connectivity index (χ1v) is 19.5. The Morgan fingerprint density at radius 1 is 0.833 bits per heavy atom. The number of unbranched alkanes of at least 4 members (excludes halogenated alkanes) is 3. The average Bonchev–Trinajstić information content (AvgIpc) is 3.22. The normalized spacial score (nSPS) is 13.3. The van der Waals surface area contributed by atoms with E-state index in [1.165, 1.54) is 68.6 Å². The lowest BCUT2D eigenvalue weighted by atomic mass is 9.84. The molecular weight excluding hydrogens is 786 g/mol. The Hall–Kier alpha value is -5.99. The SMILES string of the molecule is CCC1(COCCCCCCOc2ccc(C(=O)Oc3c(C=N)cc(OC(F)(F)c4ccc(-c5ccc(OC(C)=O)cc5)c(F)c4F)c4ccccc34)cc2OC)COC1. The Bertz CT molecular complexity index is 2320. The zero-order valence-electron chi connectivity index (χ0n) is 33.4. The minimum absolute atomic E-state index is 0.0402. The van der Waals surface area contributed by atoms with Gasteiger partial charge < -0.3 is 38.6 Å². The number of nitrogens with one attached hydrogen (secondary N) is 1. The number of carbonyl (C=O) groups is 2. The molecule has 0 unspecified atom stereocenters. The van der Waals surface area contributed by atoms with Crippen LogP contribution in [0.5, 0.6) is 28.7 Å². The highest BCUT2D eigenvalue weighted by Gasteiger charge is 2.40. The van der Waals surface area contributed by atoms with Gasteiger partial charge >= 0.3 is 18.0 Å². The molecule has 1 aliphatic rings. The molecule has 5 aromatic carbocycles. The van der Waals surface area contributed by atoms with E-state index in [0.717, 1.165) is 70.3 Å². The van der Waals surface area contributed by atoms with Gasteiger partial charge in [-0.2, -0.15) is 8.78 Å². The molecule has 0 atom stereocenters. The highest BCUT2D eigenvalue weighted by Crippen LogP contribution is 2.43. The molecule has 316 valence electrons. The summed E-state index contributed by atoms with van der Waals surface area (Å²) < 4.78 is 101. The molecule has 1 aliphatic heterocycles. The third-order valence-electron chi connectivity index (χ3n) is 10.2. The predicted octanol–water partition coefficient (Wildman–Crippen LogP) is 10.4. The lowest BCUT2D eigenvalue weighted by Gasteiger charge is -2.40. The topological polar surface area (TPSA) is 123 Å². The summed E-state index contributed by atoms with van der Waals surface area (Å²) in [5, 5.41) is 8.21. The molecule has 60 heavy (non-hydrogen) atoms. The van der Waals surface area contributed by atoms with Crippen LogP contribution in [0.15, 0.2) is 84.9 Å². The summed E-state index contributed by atoms with van der Waals surface area (Å²) in [4.78, 5) is 24.7. The van der Waals surface area contributed by atoms with Gasteiger partial charge in [0.15, 0.2) is 23.1 Å². The molecule has 0 aromatic heterocycles. The molecule has 1 saturated heterocycles. The first-order chi connectivity index (χ1) is 28.9. The fourth-order valence-corrected chi connectivity index (χ4v) is 6.68. The van der Waals surface area contributed by atoms with E-state index in [1.807, 2.05) is 0 Å². The molecule has 10 nitrogen and oxygen atoms in total. The highest BCUT2D eigenvalue weighted by atomic mass is 19.3. The van der Waals surface area contributed by atoms with Crippen LogP contribution in [-0.4, -0.2) is 58.3 Å². The number of fused-ring (bicyclic) bond motifs is 1. The number of hydrogen-bond donors (Lipinski definition) is 1. The molecule has 0 bridgehead atoms. The number of ether oxygens (including phenoxy) is 7. The van der Waals surface area contributed by atoms with Crippen LogP contribution < -0.4 is 23.7 Å². The van der Waals surface area contributed by atoms with Crippen molar-refractivity contribution in [3.63, 3.8) is 0 Å². The quantitative estimate of drug-likeness (QED) is 0.0268. The Labute approximate surface area is 344 Å². The smallest absolute Gasteiger partial charge is 0.429 e. The fourth-order valence-electron chi connectivity index (χ4n) is 6.68. The molecule has 0 radical (unpaired) electrons. The minimum Gasteiger partial charge on any atom is -0.493 e. The average molecular weight is 832 g/mol. The van der Waals surface area contributed by atoms with E-state index < -0.39 is 41.0 Å². The summed E-state index contributed by atoms with van der Waals surface area (Å²) in [6.07, 6.45) is 1.13. The van der Waals surface area contributed by atoms with E-state index >= 15 is 17.6 Å². The molecule has 6 rings (SSSR count). The summed E-state index contributed by atoms with van der Waals surface area (Å²) in [6, 6.07) is 18.7. The molecule has 0 spiro atoms. The van der Waals surface area contributed by atoms with E-state index in [-0.39, 0.29) is 49.9 Å². The van der Waals surface area contributed by atoms with Gasteiger partial charge in [0.25, 0.3) is 0 Å². The summed E-state index contributed by atoms with van der Waals surface area (Å²) in [6.45, 7) is 6.75. The van der Waals surface area contributed by atoms with E-state index in [1.54, 1.807) is 12.1 Å². The maximum absolute atomic E-state index is 15.8. The molecule has 1 N–H and O–H groups in total. The van der Waals surface area contributed by atoms with Gasteiger partial charge in [0.2, 0.25) is 0 Å². The Balaban J connectivity index is 1.11. The van der Waals surface area contributed by atoms with Gasteiger partial charge in [0.1, 0.15) is 22.8 Å². The maximum Gasteiger partial charge on any atom is 0.429 e. The van der Waals surface area contributed by atoms with Crippen molar-refractivity contribution in [2.75, 3.05) is 40.1 Å². The van der Waals surface area contributed by atoms with Crippen molar-refractivity contribution in [1.29, 1.82) is 5.41 Å². The van der Waals surface area contributed by atoms with Crippen molar-refractivity contribution in [2.24, 2.45) is 5.41 Å². The first-order valence-electron chi connectivity index (χ1n) is 19.5. The summed E-state index contributed by atoms with van der Waals surface area (Å²) in [5.74, 6) is -4.52. The molecular formula is C46H45F4NO9. The van der Waals surface area contributed by atoms with Crippen LogP contribution in [0.3, 0.4) is 0 Å². The van der Waals surface area contributed by atoms with Gasteiger partial charge in [-0.1, -0.05) is 55.8 Å². The van der Waals surface area contributed by atoms with Crippen LogP contribution in [-0.2, 0) is 20.4 Å². The van der Waals surface area contributed by atoms with Gasteiger partial charge in [0, 0.05) is 47.1 Å². The van der Waals surface area contributed by atoms with Gasteiger partial charge in [0.05, 0.1) is 39.1 Å². The number of alkyl halides is 2. The number of carbonyl (C=O) groups excluding carboxylic acids is 2. The van der Waals surface area contributed by atoms with Crippen molar-refractivity contribution in [3.8, 4) is 39.9 Å². The van der Waals surface area contributed by atoms with Crippen LogP contribution in [0.2, 0.25) is 0 Å². The standard InChI is InChI=1S/C46H45F4NO9/c1-4-45(27-56-28-45)26-55-21-9-5-6-10-22-57-38-20-15-31(23-40(38)54-3)44(53)59-43-32(25-51)24-39(35-11-7-8-12-36(35)43)60-46(49,50)37-19-18-34(41(47)42(37)48)30-13-16-33(17-14-30)58-29(2)52/h7-8,11-20,23-25,51H,4-6,9-10,21-22,26-28H2,1-3H3. The monoisotopic (exact) mass is 831 g/mol. The summed E-state index contributed by atoms with van der Waals surface area (Å²) >= 11 is 0. The molecule has 0 amide bonds. The van der Waals surface area contributed by atoms with Crippen molar-refractivity contribution in [3.05, 3.63) is 113 Å². The number of benzene rings is 5. The molecule has 5 aromatic rings. The Morgan fingerprint density at radius 2 is 1.55 bits per heavy atom. The molecule has 1 fully saturated rings. The minimum atomic E-state index is -4.40. The van der Waals surface area contributed by atoms with E-state index in [4.69, 9.17) is 38.6 Å². The summed E-state index contributed by atoms with van der Waals surface area (Å²) in [7, 11) is 1.44. The first kappa shape index (κ1) is 43.6. The molecule has 1 heterocycles. The molecule has 0 aliphatic carbocycles.